The standard InChI is InChI=1S/C25H36N4O.C6H4Cl2/c1-20-16-21(2)18-23(17-20)25(30)27(3)10-6-7-11-28-12-14-29(15-13-28)24-9-5-4-8-22(24)19-26;7-5-3-1-2-4-6(5)8/h4-5,8-9,16-18H,6-7,10-15,19,26H2,1-3H3;1-4H. The fraction of sp³-hybridized carbons (Fsp3) is 0.387. The zero-order chi connectivity index (χ0) is 27.5. The molecule has 3 aromatic rings. The minimum Gasteiger partial charge on any atom is -0.369 e. The van der Waals surface area contributed by atoms with Gasteiger partial charge >= 0.3 is 0 Å². The molecule has 204 valence electrons. The molecular formula is C31H40Cl2N4O. The van der Waals surface area contributed by atoms with E-state index >= 15 is 0 Å². The van der Waals surface area contributed by atoms with Gasteiger partial charge in [-0.3, -0.25) is 9.69 Å². The molecule has 1 heterocycles. The molecule has 1 amide bonds. The van der Waals surface area contributed by atoms with E-state index in [0.29, 0.717) is 16.6 Å². The van der Waals surface area contributed by atoms with Crippen molar-refractivity contribution in [1.29, 1.82) is 0 Å². The summed E-state index contributed by atoms with van der Waals surface area (Å²) in [6, 6.07) is 21.7. The highest BCUT2D eigenvalue weighted by Gasteiger charge is 2.18. The van der Waals surface area contributed by atoms with E-state index in [-0.39, 0.29) is 5.91 Å². The maximum absolute atomic E-state index is 12.7. The van der Waals surface area contributed by atoms with Gasteiger partial charge in [0.15, 0.2) is 0 Å². The number of nitrogens with two attached hydrogens (primary N) is 1. The number of carbonyl (C=O) groups excluding carboxylic acids is 1. The Labute approximate surface area is 238 Å². The third kappa shape index (κ3) is 9.02. The third-order valence-corrected chi connectivity index (χ3v) is 7.54. The van der Waals surface area contributed by atoms with Crippen LogP contribution in [-0.4, -0.2) is 62.0 Å². The third-order valence-electron chi connectivity index (χ3n) is 6.78. The predicted molar refractivity (Wildman–Crippen MR) is 162 cm³/mol. The fourth-order valence-electron chi connectivity index (χ4n) is 4.75. The Balaban J connectivity index is 0.000000427. The molecule has 0 saturated carbocycles. The molecule has 4 rings (SSSR count). The van der Waals surface area contributed by atoms with Crippen molar-refractivity contribution in [2.24, 2.45) is 5.73 Å². The molecule has 1 aliphatic heterocycles. The summed E-state index contributed by atoms with van der Waals surface area (Å²) in [6.45, 7) is 10.8. The molecule has 7 heteroatoms. The van der Waals surface area contributed by atoms with E-state index in [9.17, 15) is 4.79 Å². The van der Waals surface area contributed by atoms with Gasteiger partial charge in [-0.05, 0) is 69.1 Å². The largest absolute Gasteiger partial charge is 0.369 e. The van der Waals surface area contributed by atoms with Crippen LogP contribution in [0.1, 0.15) is 39.9 Å². The van der Waals surface area contributed by atoms with Gasteiger partial charge in [-0.15, -0.1) is 0 Å². The summed E-state index contributed by atoms with van der Waals surface area (Å²) in [4.78, 5) is 19.5. The molecule has 0 atom stereocenters. The first kappa shape index (κ1) is 30.0. The van der Waals surface area contributed by atoms with Crippen molar-refractivity contribution in [2.45, 2.75) is 33.2 Å². The summed E-state index contributed by atoms with van der Waals surface area (Å²) >= 11 is 11.2. The molecule has 0 aromatic heterocycles. The van der Waals surface area contributed by atoms with E-state index in [4.69, 9.17) is 28.9 Å². The molecule has 0 aliphatic carbocycles. The number of benzene rings is 3. The first-order chi connectivity index (χ1) is 18.3. The topological polar surface area (TPSA) is 52.8 Å². The Morgan fingerprint density at radius 2 is 1.45 bits per heavy atom. The molecule has 5 nitrogen and oxygen atoms in total. The van der Waals surface area contributed by atoms with Gasteiger partial charge < -0.3 is 15.5 Å². The zero-order valence-electron chi connectivity index (χ0n) is 22.8. The minimum atomic E-state index is 0.119. The first-order valence-electron chi connectivity index (χ1n) is 13.3. The highest BCUT2D eigenvalue weighted by molar-refractivity contribution is 6.41. The Bertz CT molecular complexity index is 1140. The summed E-state index contributed by atoms with van der Waals surface area (Å²) in [5.74, 6) is 0.119. The molecule has 3 aromatic carbocycles. The van der Waals surface area contributed by atoms with Gasteiger partial charge in [0.05, 0.1) is 10.0 Å². The second-order valence-electron chi connectivity index (χ2n) is 9.89. The number of hydrogen-bond donors (Lipinski definition) is 1. The Hall–Kier alpha value is -2.57. The number of nitrogens with zero attached hydrogens (tertiary/aromatic N) is 3. The molecule has 1 saturated heterocycles. The first-order valence-corrected chi connectivity index (χ1v) is 14.0. The van der Waals surface area contributed by atoms with Gasteiger partial charge in [-0.1, -0.05) is 70.7 Å². The quantitative estimate of drug-likeness (QED) is 0.326. The van der Waals surface area contributed by atoms with Crippen LogP contribution in [0.25, 0.3) is 0 Å². The van der Waals surface area contributed by atoms with Crippen LogP contribution in [-0.2, 0) is 6.54 Å². The van der Waals surface area contributed by atoms with E-state index in [2.05, 4.69) is 40.1 Å². The number of para-hydroxylation sites is 1. The van der Waals surface area contributed by atoms with E-state index < -0.39 is 0 Å². The summed E-state index contributed by atoms with van der Waals surface area (Å²) in [6.07, 6.45) is 2.15. The number of hydrogen-bond acceptors (Lipinski definition) is 4. The average Bonchev–Trinajstić information content (AvgIpc) is 2.92. The lowest BCUT2D eigenvalue weighted by Gasteiger charge is -2.37. The van der Waals surface area contributed by atoms with Crippen LogP contribution in [0.2, 0.25) is 10.0 Å². The van der Waals surface area contributed by atoms with E-state index in [1.165, 1.54) is 11.3 Å². The maximum Gasteiger partial charge on any atom is 0.253 e. The van der Waals surface area contributed by atoms with Crippen LogP contribution < -0.4 is 10.6 Å². The average molecular weight is 556 g/mol. The van der Waals surface area contributed by atoms with E-state index in [1.54, 1.807) is 12.1 Å². The van der Waals surface area contributed by atoms with Crippen molar-refractivity contribution in [3.05, 3.63) is 99.0 Å². The van der Waals surface area contributed by atoms with Gasteiger partial charge in [0.2, 0.25) is 0 Å². The molecular weight excluding hydrogens is 515 g/mol. The molecule has 0 radical (unpaired) electrons. The Morgan fingerprint density at radius 3 is 2.03 bits per heavy atom. The molecule has 0 spiro atoms. The van der Waals surface area contributed by atoms with Crippen LogP contribution in [0.4, 0.5) is 5.69 Å². The lowest BCUT2D eigenvalue weighted by Crippen LogP contribution is -2.47. The van der Waals surface area contributed by atoms with Crippen LogP contribution in [0.15, 0.2) is 66.7 Å². The van der Waals surface area contributed by atoms with Crippen molar-refractivity contribution >= 4 is 34.8 Å². The van der Waals surface area contributed by atoms with Crippen molar-refractivity contribution < 1.29 is 4.79 Å². The second-order valence-corrected chi connectivity index (χ2v) is 10.7. The monoisotopic (exact) mass is 554 g/mol. The number of halogens is 2. The molecule has 0 unspecified atom stereocenters. The summed E-state index contributed by atoms with van der Waals surface area (Å²) in [7, 11) is 1.91. The molecule has 1 aliphatic rings. The van der Waals surface area contributed by atoms with Crippen molar-refractivity contribution in [3.8, 4) is 0 Å². The van der Waals surface area contributed by atoms with Gasteiger partial charge in [0, 0.05) is 57.6 Å². The second kappa shape index (κ2) is 15.1. The van der Waals surface area contributed by atoms with Crippen LogP contribution in [0.5, 0.6) is 0 Å². The minimum absolute atomic E-state index is 0.119. The molecule has 1 fully saturated rings. The Kier molecular flexibility index (Phi) is 11.9. The van der Waals surface area contributed by atoms with E-state index in [0.717, 1.165) is 68.8 Å². The number of unbranched alkanes of at least 4 members (excludes halogenated alkanes) is 1. The normalized spacial score (nSPS) is 13.6. The van der Waals surface area contributed by atoms with Gasteiger partial charge in [0.25, 0.3) is 5.91 Å². The summed E-state index contributed by atoms with van der Waals surface area (Å²) in [5, 5.41) is 1.21. The summed E-state index contributed by atoms with van der Waals surface area (Å²) in [5.41, 5.74) is 11.5. The molecule has 38 heavy (non-hydrogen) atoms. The van der Waals surface area contributed by atoms with Crippen LogP contribution in [0, 0.1) is 13.8 Å². The number of rotatable bonds is 8. The highest BCUT2D eigenvalue weighted by atomic mass is 35.5. The van der Waals surface area contributed by atoms with Crippen molar-refractivity contribution in [1.82, 2.24) is 9.80 Å². The zero-order valence-corrected chi connectivity index (χ0v) is 24.3. The smallest absolute Gasteiger partial charge is 0.253 e. The molecule has 2 N–H and O–H groups in total. The lowest BCUT2D eigenvalue weighted by atomic mass is 10.1. The van der Waals surface area contributed by atoms with Crippen LogP contribution in [0.3, 0.4) is 0 Å². The highest BCUT2D eigenvalue weighted by Crippen LogP contribution is 2.22. The van der Waals surface area contributed by atoms with Gasteiger partial charge in [0.1, 0.15) is 0 Å². The number of aryl methyl sites for hydroxylation is 2. The van der Waals surface area contributed by atoms with E-state index in [1.807, 2.05) is 50.1 Å². The van der Waals surface area contributed by atoms with Crippen molar-refractivity contribution in [2.75, 3.05) is 51.2 Å². The van der Waals surface area contributed by atoms with Gasteiger partial charge in [-0.25, -0.2) is 0 Å². The molecule has 0 bridgehead atoms. The SMILES string of the molecule is Cc1cc(C)cc(C(=O)N(C)CCCCN2CCN(c3ccccc3CN)CC2)c1.Clc1ccccc1Cl. The maximum atomic E-state index is 12.7. The van der Waals surface area contributed by atoms with Crippen molar-refractivity contribution in [3.63, 3.8) is 0 Å². The van der Waals surface area contributed by atoms with Crippen LogP contribution >= 0.6 is 23.2 Å². The van der Waals surface area contributed by atoms with Gasteiger partial charge in [-0.2, -0.15) is 0 Å². The number of piperazine rings is 1. The fourth-order valence-corrected chi connectivity index (χ4v) is 5.02. The number of amides is 1. The summed E-state index contributed by atoms with van der Waals surface area (Å²) < 4.78 is 0. The number of carbonyl (C=O) groups is 1. The Morgan fingerprint density at radius 1 is 0.868 bits per heavy atom. The predicted octanol–water partition coefficient (Wildman–Crippen LogP) is 6.43. The number of anilines is 1. The lowest BCUT2D eigenvalue weighted by molar-refractivity contribution is 0.0791.